The monoisotopic (exact) mass is 699 g/mol. The van der Waals surface area contributed by atoms with Gasteiger partial charge in [-0.15, -0.1) is 0 Å². The van der Waals surface area contributed by atoms with Crippen molar-refractivity contribution >= 4 is 54.6 Å². The lowest BCUT2D eigenvalue weighted by Gasteiger charge is -2.51. The standard InChI is InChI=1S/C34H45N3O9SSi/c1-10-35(11-2)29(38)25-14-12-13-15-26(25)47-33(42)21(3)28-27(22(4)46-48(8,9)34(5,6)7)30(39)36(28)31(40)32(41)45-20-23-16-18-24(19-17-23)37(43)44/h12-19,21-22,27-28H,10-11,20H2,1-9H3/t21-,22-,27-,28-/m1/s1. The molecule has 2 aromatic rings. The summed E-state index contributed by atoms with van der Waals surface area (Å²) in [6.45, 7) is 18.0. The van der Waals surface area contributed by atoms with Crippen molar-refractivity contribution in [3.8, 4) is 0 Å². The van der Waals surface area contributed by atoms with E-state index in [4.69, 9.17) is 9.16 Å². The predicted octanol–water partition coefficient (Wildman–Crippen LogP) is 5.84. The molecule has 1 aliphatic heterocycles. The number of hydrogen-bond acceptors (Lipinski definition) is 10. The molecule has 0 aromatic heterocycles. The normalized spacial score (nSPS) is 17.6. The number of ether oxygens (including phenoxy) is 1. The fraction of sp³-hybridized carbons (Fsp3) is 0.500. The lowest BCUT2D eigenvalue weighted by molar-refractivity contribution is -0.384. The van der Waals surface area contributed by atoms with Crippen molar-refractivity contribution < 1.29 is 38.1 Å². The highest BCUT2D eigenvalue weighted by molar-refractivity contribution is 8.13. The maximum absolute atomic E-state index is 13.9. The average molecular weight is 700 g/mol. The highest BCUT2D eigenvalue weighted by Crippen LogP contribution is 2.43. The van der Waals surface area contributed by atoms with Gasteiger partial charge in [-0.05, 0) is 68.7 Å². The lowest BCUT2D eigenvalue weighted by atomic mass is 9.77. The van der Waals surface area contributed by atoms with Gasteiger partial charge in [0.15, 0.2) is 13.4 Å². The smallest absolute Gasteiger partial charge is 0.397 e. The maximum atomic E-state index is 13.9. The second-order valence-corrected chi connectivity index (χ2v) is 19.1. The lowest BCUT2D eigenvalue weighted by Crippen LogP contribution is -2.70. The molecule has 14 heteroatoms. The first-order chi connectivity index (χ1) is 22.4. The summed E-state index contributed by atoms with van der Waals surface area (Å²) >= 11 is 0.856. The minimum Gasteiger partial charge on any atom is -0.454 e. The number of amides is 3. The number of carbonyl (C=O) groups is 5. The van der Waals surface area contributed by atoms with Gasteiger partial charge in [-0.3, -0.25) is 34.2 Å². The number of carbonyl (C=O) groups excluding carboxylic acids is 5. The van der Waals surface area contributed by atoms with E-state index in [-0.39, 0.29) is 23.2 Å². The molecule has 4 atom stereocenters. The van der Waals surface area contributed by atoms with Gasteiger partial charge in [0.1, 0.15) is 6.61 Å². The molecule has 1 fully saturated rings. The van der Waals surface area contributed by atoms with E-state index in [1.54, 1.807) is 43.0 Å². The van der Waals surface area contributed by atoms with Crippen molar-refractivity contribution in [2.75, 3.05) is 13.1 Å². The molecule has 0 saturated carbocycles. The third kappa shape index (κ3) is 8.39. The number of likely N-dealkylation sites (tertiary alicyclic amines) is 1. The van der Waals surface area contributed by atoms with Crippen molar-refractivity contribution in [2.24, 2.45) is 11.8 Å². The zero-order valence-electron chi connectivity index (χ0n) is 29.0. The van der Waals surface area contributed by atoms with Crippen LogP contribution in [0.4, 0.5) is 5.69 Å². The number of rotatable bonds is 12. The summed E-state index contributed by atoms with van der Waals surface area (Å²) in [5, 5.41) is 10.4. The second kappa shape index (κ2) is 15.6. The summed E-state index contributed by atoms with van der Waals surface area (Å²) in [5.41, 5.74) is 0.623. The molecule has 12 nitrogen and oxygen atoms in total. The Balaban J connectivity index is 1.89. The Labute approximate surface area is 286 Å². The van der Waals surface area contributed by atoms with Crippen molar-refractivity contribution in [2.45, 2.75) is 90.2 Å². The van der Waals surface area contributed by atoms with E-state index in [9.17, 15) is 34.1 Å². The van der Waals surface area contributed by atoms with Gasteiger partial charge in [0.2, 0.25) is 5.91 Å². The van der Waals surface area contributed by atoms with E-state index in [2.05, 4.69) is 20.8 Å². The topological polar surface area (TPSA) is 153 Å². The van der Waals surface area contributed by atoms with Crippen LogP contribution in [0.15, 0.2) is 53.4 Å². The fourth-order valence-corrected chi connectivity index (χ4v) is 7.66. The molecule has 3 rings (SSSR count). The van der Waals surface area contributed by atoms with Gasteiger partial charge in [0.25, 0.3) is 11.6 Å². The molecule has 0 N–H and O–H groups in total. The molecule has 260 valence electrons. The zero-order valence-corrected chi connectivity index (χ0v) is 30.8. The Bertz CT molecular complexity index is 1550. The molecule has 0 radical (unpaired) electrons. The first-order valence-corrected chi connectivity index (χ1v) is 19.6. The molecule has 0 unspecified atom stereocenters. The van der Waals surface area contributed by atoms with Gasteiger partial charge in [0.05, 0.1) is 28.6 Å². The van der Waals surface area contributed by atoms with Crippen molar-refractivity contribution in [1.29, 1.82) is 0 Å². The molecule has 0 bridgehead atoms. The number of nitrogens with zero attached hydrogens (tertiary/aromatic N) is 3. The first-order valence-electron chi connectivity index (χ1n) is 15.9. The number of β-lactam (4-membered cyclic amide) rings is 1. The SMILES string of the molecule is CCN(CC)C(=O)c1ccccc1SC(=O)[C@H](C)[C@@H]1[C@@H]([C@@H](C)O[Si](C)(C)C(C)(C)C)C(=O)N1C(=O)C(=O)OCc1ccc([N+](=O)[O-])cc1. The van der Waals surface area contributed by atoms with E-state index >= 15 is 0 Å². The summed E-state index contributed by atoms with van der Waals surface area (Å²) in [5.74, 6) is -5.21. The Kier molecular flexibility index (Phi) is 12.5. The minimum atomic E-state index is -2.39. The van der Waals surface area contributed by atoms with Gasteiger partial charge >= 0.3 is 11.9 Å². The molecule has 1 saturated heterocycles. The largest absolute Gasteiger partial charge is 0.454 e. The number of nitro benzene ring substituents is 1. The average Bonchev–Trinajstić information content (AvgIpc) is 3.02. The highest BCUT2D eigenvalue weighted by atomic mass is 32.2. The Hall–Kier alpha value is -3.88. The number of hydrogen-bond donors (Lipinski definition) is 0. The summed E-state index contributed by atoms with van der Waals surface area (Å²) in [4.78, 5) is 80.3. The maximum Gasteiger partial charge on any atom is 0.397 e. The van der Waals surface area contributed by atoms with Gasteiger partial charge in [-0.1, -0.05) is 51.6 Å². The van der Waals surface area contributed by atoms with Crippen LogP contribution in [0, 0.1) is 22.0 Å². The Morgan fingerprint density at radius 2 is 1.60 bits per heavy atom. The van der Waals surface area contributed by atoms with Crippen LogP contribution in [0.5, 0.6) is 0 Å². The molecular weight excluding hydrogens is 655 g/mol. The first kappa shape index (κ1) is 38.6. The van der Waals surface area contributed by atoms with Crippen molar-refractivity contribution in [3.63, 3.8) is 0 Å². The molecule has 3 amide bonds. The predicted molar refractivity (Wildman–Crippen MR) is 183 cm³/mol. The van der Waals surface area contributed by atoms with Crippen LogP contribution in [0.25, 0.3) is 0 Å². The van der Waals surface area contributed by atoms with Gasteiger partial charge in [-0.25, -0.2) is 4.79 Å². The van der Waals surface area contributed by atoms with Gasteiger partial charge in [0, 0.05) is 36.0 Å². The molecule has 1 aliphatic rings. The van der Waals surface area contributed by atoms with Gasteiger partial charge < -0.3 is 14.1 Å². The number of esters is 1. The number of thioether (sulfide) groups is 1. The van der Waals surface area contributed by atoms with E-state index in [1.807, 2.05) is 26.9 Å². The molecule has 0 aliphatic carbocycles. The summed E-state index contributed by atoms with van der Waals surface area (Å²) < 4.78 is 11.7. The molecule has 1 heterocycles. The van der Waals surface area contributed by atoms with Crippen LogP contribution in [0.3, 0.4) is 0 Å². The third-order valence-electron chi connectivity index (χ3n) is 9.15. The Morgan fingerprint density at radius 3 is 2.15 bits per heavy atom. The quantitative estimate of drug-likeness (QED) is 0.0502. The fourth-order valence-electron chi connectivity index (χ4n) is 5.27. The zero-order chi connectivity index (χ0) is 36.1. The Morgan fingerprint density at radius 1 is 1.02 bits per heavy atom. The van der Waals surface area contributed by atoms with Crippen LogP contribution in [0.1, 0.15) is 64.4 Å². The van der Waals surface area contributed by atoms with Crippen LogP contribution in [-0.4, -0.2) is 77.1 Å². The number of imide groups is 1. The van der Waals surface area contributed by atoms with Crippen LogP contribution >= 0.6 is 11.8 Å². The molecule has 2 aromatic carbocycles. The highest BCUT2D eigenvalue weighted by Gasteiger charge is 2.59. The number of nitro groups is 1. The summed E-state index contributed by atoms with van der Waals surface area (Å²) in [7, 11) is -2.39. The van der Waals surface area contributed by atoms with Crippen LogP contribution in [-0.2, 0) is 34.9 Å². The number of benzene rings is 2. The molecular formula is C34H45N3O9SSi. The summed E-state index contributed by atoms with van der Waals surface area (Å²) in [6, 6.07) is 11.0. The second-order valence-electron chi connectivity index (χ2n) is 13.3. The van der Waals surface area contributed by atoms with E-state index < -0.39 is 60.1 Å². The molecule has 0 spiro atoms. The summed E-state index contributed by atoms with van der Waals surface area (Å²) in [6.07, 6.45) is -0.666. The van der Waals surface area contributed by atoms with E-state index in [0.717, 1.165) is 16.7 Å². The van der Waals surface area contributed by atoms with E-state index in [1.165, 1.54) is 24.3 Å². The third-order valence-corrected chi connectivity index (χ3v) is 14.9. The van der Waals surface area contributed by atoms with Crippen molar-refractivity contribution in [1.82, 2.24) is 9.80 Å². The van der Waals surface area contributed by atoms with E-state index in [0.29, 0.717) is 29.1 Å². The molecule has 48 heavy (non-hydrogen) atoms. The van der Waals surface area contributed by atoms with Crippen LogP contribution < -0.4 is 0 Å². The van der Waals surface area contributed by atoms with Crippen molar-refractivity contribution in [3.05, 3.63) is 69.8 Å². The van der Waals surface area contributed by atoms with Gasteiger partial charge in [-0.2, -0.15) is 0 Å². The minimum absolute atomic E-state index is 0.146. The van der Waals surface area contributed by atoms with Crippen LogP contribution in [0.2, 0.25) is 18.1 Å². The number of non-ortho nitro benzene ring substituents is 1.